The van der Waals surface area contributed by atoms with Gasteiger partial charge in [0.05, 0.1) is 6.54 Å². The second kappa shape index (κ2) is 4.65. The van der Waals surface area contributed by atoms with Crippen LogP contribution in [0.5, 0.6) is 0 Å². The molecule has 0 aliphatic heterocycles. The Bertz CT molecular complexity index is 691. The van der Waals surface area contributed by atoms with Gasteiger partial charge < -0.3 is 14.7 Å². The molecule has 0 aliphatic rings. The zero-order chi connectivity index (χ0) is 13.2. The summed E-state index contributed by atoms with van der Waals surface area (Å²) in [5.41, 5.74) is 1.52. The fourth-order valence-corrected chi connectivity index (χ4v) is 2.04. The first kappa shape index (κ1) is 11.6. The smallest absolute Gasteiger partial charge is 0.268 e. The molecule has 19 heavy (non-hydrogen) atoms. The number of H-pyrrole nitrogens is 1. The monoisotopic (exact) mass is 254 g/mol. The zero-order valence-corrected chi connectivity index (χ0v) is 10.6. The van der Waals surface area contributed by atoms with Crippen molar-refractivity contribution in [2.45, 2.75) is 13.5 Å². The van der Waals surface area contributed by atoms with Gasteiger partial charge in [0.15, 0.2) is 0 Å². The molecule has 0 saturated heterocycles. The molecule has 0 aliphatic carbocycles. The summed E-state index contributed by atoms with van der Waals surface area (Å²) < 4.78 is 5.40. The molecule has 4 nitrogen and oxygen atoms in total. The molecule has 1 amide bonds. The maximum absolute atomic E-state index is 12.0. The first-order chi connectivity index (χ1) is 9.22. The van der Waals surface area contributed by atoms with Crippen LogP contribution in [0.1, 0.15) is 22.0 Å². The van der Waals surface area contributed by atoms with E-state index in [-0.39, 0.29) is 5.91 Å². The summed E-state index contributed by atoms with van der Waals surface area (Å²) in [5.74, 6) is 1.46. The average molecular weight is 254 g/mol. The van der Waals surface area contributed by atoms with Gasteiger partial charge in [-0.05, 0) is 31.2 Å². The van der Waals surface area contributed by atoms with E-state index in [2.05, 4.69) is 10.3 Å². The van der Waals surface area contributed by atoms with Crippen LogP contribution < -0.4 is 5.32 Å². The highest BCUT2D eigenvalue weighted by molar-refractivity contribution is 5.97. The third-order valence-electron chi connectivity index (χ3n) is 2.99. The fourth-order valence-electron chi connectivity index (χ4n) is 2.04. The molecule has 0 unspecified atom stereocenters. The summed E-state index contributed by atoms with van der Waals surface area (Å²) >= 11 is 0. The van der Waals surface area contributed by atoms with Gasteiger partial charge in [0, 0.05) is 10.9 Å². The standard InChI is InChI=1S/C15H14N2O2/c1-10-6-7-12(19-10)9-16-15(18)14-8-11-4-2-3-5-13(11)17-14/h2-8,17H,9H2,1H3,(H,16,18). The molecule has 2 aromatic heterocycles. The molecule has 2 heterocycles. The molecule has 0 fully saturated rings. The summed E-state index contributed by atoms with van der Waals surface area (Å²) in [7, 11) is 0. The lowest BCUT2D eigenvalue weighted by Gasteiger charge is -2.00. The largest absolute Gasteiger partial charge is 0.465 e. The van der Waals surface area contributed by atoms with E-state index < -0.39 is 0 Å². The quantitative estimate of drug-likeness (QED) is 0.754. The van der Waals surface area contributed by atoms with Crippen LogP contribution in [0.4, 0.5) is 0 Å². The number of benzene rings is 1. The molecule has 2 N–H and O–H groups in total. The Balaban J connectivity index is 1.73. The fraction of sp³-hybridized carbons (Fsp3) is 0.133. The SMILES string of the molecule is Cc1ccc(CNC(=O)c2cc3ccccc3[nH]2)o1. The van der Waals surface area contributed by atoms with Crippen LogP contribution in [0.25, 0.3) is 10.9 Å². The summed E-state index contributed by atoms with van der Waals surface area (Å²) in [6.07, 6.45) is 0. The van der Waals surface area contributed by atoms with Crippen LogP contribution in [0.3, 0.4) is 0 Å². The normalized spacial score (nSPS) is 10.8. The molecule has 3 aromatic rings. The summed E-state index contributed by atoms with van der Waals surface area (Å²) in [6, 6.07) is 13.4. The average Bonchev–Trinajstić information content (AvgIpc) is 3.01. The van der Waals surface area contributed by atoms with Gasteiger partial charge in [-0.3, -0.25) is 4.79 Å². The number of fused-ring (bicyclic) bond motifs is 1. The minimum absolute atomic E-state index is 0.134. The Morgan fingerprint density at radius 3 is 2.84 bits per heavy atom. The van der Waals surface area contributed by atoms with E-state index in [0.29, 0.717) is 12.2 Å². The lowest BCUT2D eigenvalue weighted by atomic mass is 10.2. The molecular formula is C15H14N2O2. The number of furan rings is 1. The molecule has 0 bridgehead atoms. The van der Waals surface area contributed by atoms with Crippen molar-refractivity contribution in [3.63, 3.8) is 0 Å². The highest BCUT2D eigenvalue weighted by atomic mass is 16.3. The second-order valence-electron chi connectivity index (χ2n) is 4.47. The van der Waals surface area contributed by atoms with E-state index in [9.17, 15) is 4.79 Å². The molecule has 4 heteroatoms. The number of aromatic amines is 1. The van der Waals surface area contributed by atoms with E-state index in [1.54, 1.807) is 0 Å². The van der Waals surface area contributed by atoms with E-state index >= 15 is 0 Å². The predicted octanol–water partition coefficient (Wildman–Crippen LogP) is 3.00. The van der Waals surface area contributed by atoms with Crippen molar-refractivity contribution in [3.05, 3.63) is 59.7 Å². The Morgan fingerprint density at radius 1 is 1.26 bits per heavy atom. The van der Waals surface area contributed by atoms with Crippen molar-refractivity contribution in [2.75, 3.05) is 0 Å². The first-order valence-electron chi connectivity index (χ1n) is 6.13. The van der Waals surface area contributed by atoms with Gasteiger partial charge >= 0.3 is 0 Å². The number of carbonyl (C=O) groups is 1. The topological polar surface area (TPSA) is 58.0 Å². The highest BCUT2D eigenvalue weighted by Gasteiger charge is 2.09. The molecule has 0 radical (unpaired) electrons. The van der Waals surface area contributed by atoms with Crippen LogP contribution in [-0.2, 0) is 6.54 Å². The molecule has 96 valence electrons. The lowest BCUT2D eigenvalue weighted by molar-refractivity contribution is 0.0943. The van der Waals surface area contributed by atoms with E-state index in [1.165, 1.54) is 0 Å². The van der Waals surface area contributed by atoms with Crippen molar-refractivity contribution in [1.82, 2.24) is 10.3 Å². The molecule has 1 aromatic carbocycles. The van der Waals surface area contributed by atoms with Crippen molar-refractivity contribution in [2.24, 2.45) is 0 Å². The number of aryl methyl sites for hydroxylation is 1. The van der Waals surface area contributed by atoms with Gasteiger partial charge in [0.2, 0.25) is 0 Å². The van der Waals surface area contributed by atoms with Crippen LogP contribution in [0, 0.1) is 6.92 Å². The van der Waals surface area contributed by atoms with Crippen LogP contribution in [0.2, 0.25) is 0 Å². The number of carbonyl (C=O) groups excluding carboxylic acids is 1. The summed E-state index contributed by atoms with van der Waals surface area (Å²) in [4.78, 5) is 15.1. The van der Waals surface area contributed by atoms with Crippen LogP contribution >= 0.6 is 0 Å². The zero-order valence-electron chi connectivity index (χ0n) is 10.6. The van der Waals surface area contributed by atoms with Gasteiger partial charge in [-0.25, -0.2) is 0 Å². The number of para-hydroxylation sites is 1. The maximum atomic E-state index is 12.0. The third-order valence-corrected chi connectivity index (χ3v) is 2.99. The second-order valence-corrected chi connectivity index (χ2v) is 4.47. The van der Waals surface area contributed by atoms with Crippen molar-refractivity contribution < 1.29 is 9.21 Å². The Hall–Kier alpha value is -2.49. The molecule has 0 atom stereocenters. The Labute approximate surface area is 110 Å². The molecule has 3 rings (SSSR count). The number of aromatic nitrogens is 1. The van der Waals surface area contributed by atoms with Gasteiger partial charge in [-0.2, -0.15) is 0 Å². The maximum Gasteiger partial charge on any atom is 0.268 e. The molecule has 0 spiro atoms. The van der Waals surface area contributed by atoms with Gasteiger partial charge in [0.25, 0.3) is 5.91 Å². The van der Waals surface area contributed by atoms with Crippen molar-refractivity contribution in [1.29, 1.82) is 0 Å². The number of amides is 1. The number of nitrogens with one attached hydrogen (secondary N) is 2. The van der Waals surface area contributed by atoms with E-state index in [4.69, 9.17) is 4.42 Å². The molecular weight excluding hydrogens is 240 g/mol. The van der Waals surface area contributed by atoms with Gasteiger partial charge in [-0.1, -0.05) is 18.2 Å². The van der Waals surface area contributed by atoms with Gasteiger partial charge in [-0.15, -0.1) is 0 Å². The summed E-state index contributed by atoms with van der Waals surface area (Å²) in [6.45, 7) is 2.27. The Kier molecular flexibility index (Phi) is 2.83. The van der Waals surface area contributed by atoms with E-state index in [1.807, 2.05) is 49.4 Å². The Morgan fingerprint density at radius 2 is 2.11 bits per heavy atom. The lowest BCUT2D eigenvalue weighted by Crippen LogP contribution is -2.22. The van der Waals surface area contributed by atoms with Gasteiger partial charge in [0.1, 0.15) is 17.2 Å². The minimum Gasteiger partial charge on any atom is -0.465 e. The molecule has 0 saturated carbocycles. The first-order valence-corrected chi connectivity index (χ1v) is 6.13. The highest BCUT2D eigenvalue weighted by Crippen LogP contribution is 2.14. The van der Waals surface area contributed by atoms with Crippen LogP contribution in [0.15, 0.2) is 46.9 Å². The van der Waals surface area contributed by atoms with Crippen molar-refractivity contribution in [3.8, 4) is 0 Å². The number of hydrogen-bond donors (Lipinski definition) is 2. The van der Waals surface area contributed by atoms with Crippen molar-refractivity contribution >= 4 is 16.8 Å². The number of hydrogen-bond acceptors (Lipinski definition) is 2. The van der Waals surface area contributed by atoms with Crippen LogP contribution in [-0.4, -0.2) is 10.9 Å². The predicted molar refractivity (Wildman–Crippen MR) is 72.9 cm³/mol. The minimum atomic E-state index is -0.134. The van der Waals surface area contributed by atoms with E-state index in [0.717, 1.165) is 22.4 Å². The third kappa shape index (κ3) is 2.38. The number of rotatable bonds is 3. The summed E-state index contributed by atoms with van der Waals surface area (Å²) in [5, 5.41) is 3.85.